The molecule has 0 fully saturated rings. The molecule has 4 aromatic carbocycles. The maximum atomic E-state index is 4.54. The Balaban J connectivity index is 0.000000161. The molecule has 47 heavy (non-hydrogen) atoms. The van der Waals surface area contributed by atoms with Gasteiger partial charge in [0.2, 0.25) is 0 Å². The zero-order valence-electron chi connectivity index (χ0n) is 27.4. The highest BCUT2D eigenvalue weighted by Gasteiger charge is 2.27. The summed E-state index contributed by atoms with van der Waals surface area (Å²) in [6.07, 6.45) is 0. The van der Waals surface area contributed by atoms with E-state index in [9.17, 15) is 0 Å². The van der Waals surface area contributed by atoms with Gasteiger partial charge in [0.25, 0.3) is 0 Å². The summed E-state index contributed by atoms with van der Waals surface area (Å²) in [7, 11) is 4.28. The van der Waals surface area contributed by atoms with Crippen LogP contribution in [0.1, 0.15) is 58.3 Å². The Bertz CT molecular complexity index is 2020. The average Bonchev–Trinajstić information content (AvgIpc) is 3.70. The third-order valence-corrected chi connectivity index (χ3v) is 8.87. The number of para-hydroxylation sites is 2. The van der Waals surface area contributed by atoms with Crippen molar-refractivity contribution in [2.45, 2.75) is 60.3 Å². The lowest BCUT2D eigenvalue weighted by molar-refractivity contribution is 0.519. The van der Waals surface area contributed by atoms with Crippen LogP contribution < -0.4 is 9.80 Å². The minimum Gasteiger partial charge on any atom is -0.370 e. The number of hydrogen-bond acceptors (Lipinski definition) is 6. The molecule has 8 rings (SSSR count). The van der Waals surface area contributed by atoms with Gasteiger partial charge in [0.15, 0.2) is 0 Å². The summed E-state index contributed by atoms with van der Waals surface area (Å²) in [4.78, 5) is 4.58. The van der Waals surface area contributed by atoms with Gasteiger partial charge < -0.3 is 9.80 Å². The Morgan fingerprint density at radius 3 is 1.43 bits per heavy atom. The minimum absolute atomic E-state index is 0. The lowest BCUT2D eigenvalue weighted by Gasteiger charge is -2.27. The van der Waals surface area contributed by atoms with Gasteiger partial charge in [-0.2, -0.15) is 0 Å². The summed E-state index contributed by atoms with van der Waals surface area (Å²) >= 11 is 0. The van der Waals surface area contributed by atoms with Crippen LogP contribution in [0.4, 0.5) is 11.4 Å². The van der Waals surface area contributed by atoms with Crippen LogP contribution in [0.3, 0.4) is 0 Å². The SMILES string of the molecule is C.CC(C)n1nnc2c1-c1ccccc1CN(C)c1ccccc1-2.CC(C)n1nnc2c1-c1ccccc1N(C)Cc1ccccc1-2. The van der Waals surface area contributed by atoms with Crippen LogP contribution in [0, 0.1) is 0 Å². The standard InChI is InChI=1S/2C19H20N4.CH4/c1-13(2)23-19-15-9-5-4-8-14(15)12-22(3)17-11-7-6-10-16(17)18(19)20-21-23;1-13(2)23-19-16-10-6-7-11-17(16)22(3)12-14-8-4-5-9-15(14)18(19)20-21-23;/h2*4-11,13H,12H2,1-3H3;1H4. The largest absolute Gasteiger partial charge is 0.370 e. The molecule has 240 valence electrons. The molecule has 0 atom stereocenters. The molecular weight excluding hydrogens is 580 g/mol. The van der Waals surface area contributed by atoms with Gasteiger partial charge in [0, 0.05) is 72.9 Å². The number of nitrogens with zero attached hydrogens (tertiary/aromatic N) is 8. The fourth-order valence-electron chi connectivity index (χ4n) is 6.65. The summed E-state index contributed by atoms with van der Waals surface area (Å²) in [5, 5.41) is 18.0. The van der Waals surface area contributed by atoms with E-state index >= 15 is 0 Å². The molecule has 4 heterocycles. The van der Waals surface area contributed by atoms with Crippen LogP contribution >= 0.6 is 0 Å². The van der Waals surface area contributed by atoms with Gasteiger partial charge in [0.05, 0.1) is 11.4 Å². The lowest BCUT2D eigenvalue weighted by atomic mass is 9.96. The van der Waals surface area contributed by atoms with Gasteiger partial charge >= 0.3 is 0 Å². The van der Waals surface area contributed by atoms with Gasteiger partial charge in [-0.3, -0.25) is 0 Å². The number of fused-ring (bicyclic) bond motifs is 10. The summed E-state index contributed by atoms with van der Waals surface area (Å²) in [6, 6.07) is 34.5. The molecule has 0 amide bonds. The summed E-state index contributed by atoms with van der Waals surface area (Å²) < 4.78 is 4.07. The predicted molar refractivity (Wildman–Crippen MR) is 194 cm³/mol. The molecule has 0 saturated carbocycles. The predicted octanol–water partition coefficient (Wildman–Crippen LogP) is 8.92. The van der Waals surface area contributed by atoms with Crippen molar-refractivity contribution in [3.05, 3.63) is 108 Å². The van der Waals surface area contributed by atoms with E-state index in [1.807, 2.05) is 9.36 Å². The van der Waals surface area contributed by atoms with E-state index in [4.69, 9.17) is 0 Å². The van der Waals surface area contributed by atoms with E-state index in [1.54, 1.807) is 0 Å². The molecule has 0 aliphatic carbocycles. The second kappa shape index (κ2) is 12.9. The molecule has 8 heteroatoms. The molecule has 0 unspecified atom stereocenters. The van der Waals surface area contributed by atoms with Crippen molar-refractivity contribution in [2.75, 3.05) is 23.9 Å². The summed E-state index contributed by atoms with van der Waals surface area (Å²) in [5.74, 6) is 0. The normalized spacial score (nSPS) is 12.9. The molecule has 0 saturated heterocycles. The van der Waals surface area contributed by atoms with Gasteiger partial charge in [0.1, 0.15) is 11.4 Å². The summed E-state index contributed by atoms with van der Waals surface area (Å²) in [5.41, 5.74) is 13.9. The smallest absolute Gasteiger partial charge is 0.123 e. The first-order valence-electron chi connectivity index (χ1n) is 16.0. The first-order valence-corrected chi connectivity index (χ1v) is 16.0. The third-order valence-electron chi connectivity index (χ3n) is 8.87. The highest BCUT2D eigenvalue weighted by molar-refractivity contribution is 5.89. The van der Waals surface area contributed by atoms with E-state index in [0.717, 1.165) is 41.4 Å². The second-order valence-electron chi connectivity index (χ2n) is 12.7. The minimum atomic E-state index is 0. The number of rotatable bonds is 2. The molecule has 0 N–H and O–H groups in total. The van der Waals surface area contributed by atoms with Crippen LogP contribution in [-0.2, 0) is 13.1 Å². The van der Waals surface area contributed by atoms with Crippen LogP contribution in [0.15, 0.2) is 97.1 Å². The van der Waals surface area contributed by atoms with Crippen LogP contribution in [0.25, 0.3) is 45.0 Å². The monoisotopic (exact) mass is 624 g/mol. The van der Waals surface area contributed by atoms with Crippen LogP contribution in [-0.4, -0.2) is 44.1 Å². The van der Waals surface area contributed by atoms with Crippen molar-refractivity contribution in [1.29, 1.82) is 0 Å². The second-order valence-corrected chi connectivity index (χ2v) is 12.7. The van der Waals surface area contributed by atoms with Crippen LogP contribution in [0.5, 0.6) is 0 Å². The lowest BCUT2D eigenvalue weighted by Crippen LogP contribution is -2.20. The maximum Gasteiger partial charge on any atom is 0.123 e. The Hall–Kier alpha value is -5.24. The van der Waals surface area contributed by atoms with E-state index in [2.05, 4.69) is 169 Å². The number of hydrogen-bond donors (Lipinski definition) is 0. The Morgan fingerprint density at radius 2 is 0.872 bits per heavy atom. The van der Waals surface area contributed by atoms with E-state index < -0.39 is 0 Å². The first kappa shape index (κ1) is 31.7. The maximum absolute atomic E-state index is 4.54. The molecule has 2 aromatic heterocycles. The number of aromatic nitrogens is 6. The number of anilines is 2. The van der Waals surface area contributed by atoms with Gasteiger partial charge in [-0.15, -0.1) is 10.2 Å². The van der Waals surface area contributed by atoms with Crippen molar-refractivity contribution in [2.24, 2.45) is 0 Å². The zero-order chi connectivity index (χ0) is 31.9. The van der Waals surface area contributed by atoms with Gasteiger partial charge in [-0.05, 0) is 51.0 Å². The fourth-order valence-corrected chi connectivity index (χ4v) is 6.65. The molecule has 0 bridgehead atoms. The molecule has 2 aliphatic heterocycles. The van der Waals surface area contributed by atoms with Crippen molar-refractivity contribution >= 4 is 11.4 Å². The Morgan fingerprint density at radius 1 is 0.489 bits per heavy atom. The van der Waals surface area contributed by atoms with Crippen molar-refractivity contribution in [3.63, 3.8) is 0 Å². The molecule has 6 aromatic rings. The van der Waals surface area contributed by atoms with E-state index in [0.29, 0.717) is 0 Å². The molecule has 8 nitrogen and oxygen atoms in total. The third kappa shape index (κ3) is 5.58. The first-order chi connectivity index (χ1) is 22.3. The Labute approximate surface area is 278 Å². The van der Waals surface area contributed by atoms with Crippen molar-refractivity contribution in [1.82, 2.24) is 30.0 Å². The summed E-state index contributed by atoms with van der Waals surface area (Å²) in [6.45, 7) is 10.3. The molecular formula is C39H44N8. The molecule has 2 aliphatic rings. The zero-order valence-corrected chi connectivity index (χ0v) is 27.4. The topological polar surface area (TPSA) is 67.9 Å². The molecule has 0 spiro atoms. The highest BCUT2D eigenvalue weighted by Crippen LogP contribution is 2.42. The van der Waals surface area contributed by atoms with Gasteiger partial charge in [-0.1, -0.05) is 103 Å². The van der Waals surface area contributed by atoms with Gasteiger partial charge in [-0.25, -0.2) is 9.36 Å². The Kier molecular flexibility index (Phi) is 8.69. The van der Waals surface area contributed by atoms with E-state index in [-0.39, 0.29) is 19.5 Å². The van der Waals surface area contributed by atoms with Crippen molar-refractivity contribution in [3.8, 4) is 45.0 Å². The van der Waals surface area contributed by atoms with Crippen molar-refractivity contribution < 1.29 is 0 Å². The van der Waals surface area contributed by atoms with E-state index in [1.165, 1.54) is 39.2 Å². The molecule has 0 radical (unpaired) electrons. The fraction of sp³-hybridized carbons (Fsp3) is 0.282. The number of benzene rings is 4. The average molecular weight is 625 g/mol. The quantitative estimate of drug-likeness (QED) is 0.192. The van der Waals surface area contributed by atoms with Crippen LogP contribution in [0.2, 0.25) is 0 Å². The highest BCUT2D eigenvalue weighted by atomic mass is 15.4.